The maximum Gasteiger partial charge on any atom is 0.169 e. The van der Waals surface area contributed by atoms with Crippen molar-refractivity contribution in [3.05, 3.63) is 121 Å². The maximum atomic E-state index is 10.3. The Balaban J connectivity index is 0.000000216. The van der Waals surface area contributed by atoms with Gasteiger partial charge in [-0.2, -0.15) is 0 Å². The molecule has 0 heterocycles. The molecule has 0 radical (unpaired) electrons. The lowest BCUT2D eigenvalue weighted by molar-refractivity contribution is 0.463. The summed E-state index contributed by atoms with van der Waals surface area (Å²) in [5, 5.41) is 0. The Kier molecular flexibility index (Phi) is 7.46. The van der Waals surface area contributed by atoms with Crippen LogP contribution in [0.3, 0.4) is 0 Å². The van der Waals surface area contributed by atoms with Crippen LogP contribution in [0.4, 0.5) is 0 Å². The first-order valence-electron chi connectivity index (χ1n) is 9.38. The molecular formula is C25H22O3S2. The molecule has 0 bridgehead atoms. The van der Waals surface area contributed by atoms with Gasteiger partial charge in [-0.15, -0.1) is 0 Å². The summed E-state index contributed by atoms with van der Waals surface area (Å²) in [6, 6.07) is 37.4. The zero-order valence-electron chi connectivity index (χ0n) is 16.5. The molecule has 0 saturated carbocycles. The fourth-order valence-corrected chi connectivity index (χ4v) is 5.61. The van der Waals surface area contributed by atoms with Crippen molar-refractivity contribution in [1.82, 2.24) is 0 Å². The molecule has 0 unspecified atom stereocenters. The first-order valence-corrected chi connectivity index (χ1v) is 12.0. The second kappa shape index (κ2) is 10.3. The van der Waals surface area contributed by atoms with E-state index in [1.807, 2.05) is 0 Å². The summed E-state index contributed by atoms with van der Waals surface area (Å²) in [5.41, 5.74) is 1.35. The monoisotopic (exact) mass is 434 g/mol. The van der Waals surface area contributed by atoms with Crippen molar-refractivity contribution in [2.45, 2.75) is 26.5 Å². The number of hydrogen-bond acceptors (Lipinski definition) is 3. The van der Waals surface area contributed by atoms with Crippen LogP contribution in [0.1, 0.15) is 5.56 Å². The van der Waals surface area contributed by atoms with Gasteiger partial charge in [0.05, 0.1) is 15.8 Å². The standard InChI is InChI=1S/C19H17S.C6H6O3S/c1-16-10-8-9-15-19(16)20(17-11-4-2-5-12-17)18-13-6-3-7-14-18;7-10(8,9)6-4-2-1-3-5-6/h2-15H,1H3;1-5H,(H,7,8,9)/q+1;/p-1. The van der Waals surface area contributed by atoms with E-state index in [-0.39, 0.29) is 15.8 Å². The normalized spacial score (nSPS) is 10.9. The highest BCUT2D eigenvalue weighted by molar-refractivity contribution is 7.97. The van der Waals surface area contributed by atoms with Crippen LogP contribution in [-0.4, -0.2) is 13.0 Å². The summed E-state index contributed by atoms with van der Waals surface area (Å²) in [7, 11) is -4.28. The van der Waals surface area contributed by atoms with E-state index >= 15 is 0 Å². The predicted molar refractivity (Wildman–Crippen MR) is 121 cm³/mol. The maximum absolute atomic E-state index is 10.3. The van der Waals surface area contributed by atoms with E-state index < -0.39 is 10.1 Å². The van der Waals surface area contributed by atoms with E-state index in [4.69, 9.17) is 0 Å². The Morgan fingerprint density at radius 1 is 0.600 bits per heavy atom. The molecule has 4 rings (SSSR count). The minimum absolute atomic E-state index is 0.0262. The first-order chi connectivity index (χ1) is 14.5. The topological polar surface area (TPSA) is 57.2 Å². The summed E-state index contributed by atoms with van der Waals surface area (Å²) in [5.74, 6) is 0. The van der Waals surface area contributed by atoms with Crippen molar-refractivity contribution in [3.63, 3.8) is 0 Å². The molecule has 0 saturated heterocycles. The molecule has 0 spiro atoms. The van der Waals surface area contributed by atoms with Crippen LogP contribution in [-0.2, 0) is 21.0 Å². The van der Waals surface area contributed by atoms with Crippen LogP contribution in [0, 0.1) is 6.92 Å². The number of benzene rings is 4. The SMILES string of the molecule is Cc1ccccc1[S+](c1ccccc1)c1ccccc1.O=S(=O)([O-])c1ccccc1. The molecule has 0 fully saturated rings. The van der Waals surface area contributed by atoms with Crippen molar-refractivity contribution in [3.8, 4) is 0 Å². The first kappa shape index (κ1) is 21.8. The van der Waals surface area contributed by atoms with Crippen molar-refractivity contribution in [2.75, 3.05) is 0 Å². The highest BCUT2D eigenvalue weighted by Gasteiger charge is 2.29. The van der Waals surface area contributed by atoms with Gasteiger partial charge >= 0.3 is 0 Å². The largest absolute Gasteiger partial charge is 0.744 e. The van der Waals surface area contributed by atoms with Crippen LogP contribution in [0.5, 0.6) is 0 Å². The van der Waals surface area contributed by atoms with Gasteiger partial charge in [0, 0.05) is 5.56 Å². The minimum atomic E-state index is -4.25. The van der Waals surface area contributed by atoms with Gasteiger partial charge in [0.25, 0.3) is 0 Å². The molecule has 3 nitrogen and oxygen atoms in total. The minimum Gasteiger partial charge on any atom is -0.744 e. The average Bonchev–Trinajstić information content (AvgIpc) is 2.77. The molecule has 0 aliphatic carbocycles. The number of rotatable bonds is 4. The van der Waals surface area contributed by atoms with Crippen LogP contribution in [0.2, 0.25) is 0 Å². The van der Waals surface area contributed by atoms with Crippen molar-refractivity contribution in [1.29, 1.82) is 0 Å². The van der Waals surface area contributed by atoms with Gasteiger partial charge < -0.3 is 4.55 Å². The van der Waals surface area contributed by atoms with Crippen molar-refractivity contribution < 1.29 is 13.0 Å². The number of hydrogen-bond donors (Lipinski definition) is 0. The van der Waals surface area contributed by atoms with Gasteiger partial charge in [0.2, 0.25) is 0 Å². The fourth-order valence-electron chi connectivity index (χ4n) is 2.88. The summed E-state index contributed by atoms with van der Waals surface area (Å²) in [4.78, 5) is 3.96. The van der Waals surface area contributed by atoms with Gasteiger partial charge in [0.15, 0.2) is 14.7 Å². The van der Waals surface area contributed by atoms with E-state index in [0.717, 1.165) is 0 Å². The zero-order chi connectivity index (χ0) is 21.4. The highest BCUT2D eigenvalue weighted by atomic mass is 32.2. The van der Waals surface area contributed by atoms with Crippen LogP contribution in [0.15, 0.2) is 135 Å². The Labute approximate surface area is 181 Å². The zero-order valence-corrected chi connectivity index (χ0v) is 18.1. The van der Waals surface area contributed by atoms with E-state index in [2.05, 4.69) is 91.9 Å². The Morgan fingerprint density at radius 3 is 1.40 bits per heavy atom. The highest BCUT2D eigenvalue weighted by Crippen LogP contribution is 2.32. The molecule has 30 heavy (non-hydrogen) atoms. The quantitative estimate of drug-likeness (QED) is 0.307. The Hall–Kier alpha value is -2.86. The van der Waals surface area contributed by atoms with Gasteiger partial charge in [-0.25, -0.2) is 8.42 Å². The molecule has 0 aliphatic heterocycles. The fraction of sp³-hybridized carbons (Fsp3) is 0.0400. The molecular weight excluding hydrogens is 412 g/mol. The molecule has 4 aromatic rings. The Bertz CT molecular complexity index is 1120. The predicted octanol–water partition coefficient (Wildman–Crippen LogP) is 5.68. The average molecular weight is 435 g/mol. The van der Waals surface area contributed by atoms with Crippen LogP contribution >= 0.6 is 0 Å². The summed E-state index contributed by atoms with van der Waals surface area (Å²) < 4.78 is 30.8. The molecule has 4 aromatic carbocycles. The van der Waals surface area contributed by atoms with E-state index in [1.165, 1.54) is 44.5 Å². The second-order valence-corrected chi connectivity index (χ2v) is 9.84. The van der Waals surface area contributed by atoms with E-state index in [0.29, 0.717) is 0 Å². The van der Waals surface area contributed by atoms with Crippen LogP contribution < -0.4 is 0 Å². The van der Waals surface area contributed by atoms with E-state index in [1.54, 1.807) is 6.07 Å². The summed E-state index contributed by atoms with van der Waals surface area (Å²) in [6.07, 6.45) is 0. The molecule has 0 amide bonds. The summed E-state index contributed by atoms with van der Waals surface area (Å²) in [6.45, 7) is 2.20. The van der Waals surface area contributed by atoms with E-state index in [9.17, 15) is 13.0 Å². The third kappa shape index (κ3) is 5.83. The lowest BCUT2D eigenvalue weighted by Crippen LogP contribution is -2.06. The Morgan fingerprint density at radius 2 is 1.00 bits per heavy atom. The number of aryl methyl sites for hydroxylation is 1. The van der Waals surface area contributed by atoms with Gasteiger partial charge in [-0.05, 0) is 49.4 Å². The van der Waals surface area contributed by atoms with Crippen molar-refractivity contribution >= 4 is 21.0 Å². The van der Waals surface area contributed by atoms with Crippen LogP contribution in [0.25, 0.3) is 0 Å². The van der Waals surface area contributed by atoms with Crippen molar-refractivity contribution in [2.24, 2.45) is 0 Å². The smallest absolute Gasteiger partial charge is 0.169 e. The van der Waals surface area contributed by atoms with Gasteiger partial charge in [-0.1, -0.05) is 72.8 Å². The molecule has 0 aliphatic rings. The molecule has 5 heteroatoms. The molecule has 0 atom stereocenters. The van der Waals surface area contributed by atoms with Gasteiger partial charge in [-0.3, -0.25) is 0 Å². The third-order valence-electron chi connectivity index (χ3n) is 4.30. The molecule has 0 aromatic heterocycles. The lowest BCUT2D eigenvalue weighted by Gasteiger charge is -2.09. The third-order valence-corrected chi connectivity index (χ3v) is 7.54. The summed E-state index contributed by atoms with van der Waals surface area (Å²) >= 11 is 0. The molecule has 152 valence electrons. The van der Waals surface area contributed by atoms with Gasteiger partial charge in [0.1, 0.15) is 10.1 Å². The molecule has 0 N–H and O–H groups in total. The second-order valence-electron chi connectivity index (χ2n) is 6.46. The lowest BCUT2D eigenvalue weighted by atomic mass is 10.2.